The lowest BCUT2D eigenvalue weighted by molar-refractivity contribution is 0.521. The maximum absolute atomic E-state index is 4.65. The van der Waals surface area contributed by atoms with Gasteiger partial charge in [0.05, 0.1) is 17.4 Å². The molecule has 0 spiro atoms. The molecule has 0 fully saturated rings. The Labute approximate surface area is 114 Å². The molecule has 1 unspecified atom stereocenters. The zero-order valence-electron chi connectivity index (χ0n) is 11.9. The smallest absolute Gasteiger partial charge is 0.0922 e. The molecule has 2 rings (SSSR count). The van der Waals surface area contributed by atoms with E-state index < -0.39 is 0 Å². The van der Waals surface area contributed by atoms with Crippen LogP contribution in [0.2, 0.25) is 0 Å². The van der Waals surface area contributed by atoms with Gasteiger partial charge in [0.1, 0.15) is 0 Å². The van der Waals surface area contributed by atoms with Crippen LogP contribution in [0.5, 0.6) is 0 Å². The van der Waals surface area contributed by atoms with Crippen LogP contribution in [0.15, 0.2) is 30.5 Å². The highest BCUT2D eigenvalue weighted by molar-refractivity contribution is 5.23. The van der Waals surface area contributed by atoms with E-state index in [1.54, 1.807) is 0 Å². The van der Waals surface area contributed by atoms with Crippen molar-refractivity contribution in [1.29, 1.82) is 0 Å². The third-order valence-corrected chi connectivity index (χ3v) is 3.15. The van der Waals surface area contributed by atoms with Crippen LogP contribution >= 0.6 is 0 Å². The van der Waals surface area contributed by atoms with E-state index in [9.17, 15) is 0 Å². The number of hydrogen-bond donors (Lipinski definition) is 1. The first-order valence-electron chi connectivity index (χ1n) is 6.95. The molecule has 0 saturated carbocycles. The Balaban J connectivity index is 2.35. The van der Waals surface area contributed by atoms with Crippen LogP contribution < -0.4 is 5.32 Å². The summed E-state index contributed by atoms with van der Waals surface area (Å²) in [5.74, 6) is 0. The fraction of sp³-hybridized carbons (Fsp3) is 0.467. The predicted octanol–water partition coefficient (Wildman–Crippen LogP) is 2.70. The van der Waals surface area contributed by atoms with Crippen molar-refractivity contribution in [3.05, 3.63) is 47.5 Å². The topological polar surface area (TPSA) is 42.7 Å². The summed E-state index contributed by atoms with van der Waals surface area (Å²) in [4.78, 5) is 4.65. The van der Waals surface area contributed by atoms with Gasteiger partial charge in [0.15, 0.2) is 0 Å². The summed E-state index contributed by atoms with van der Waals surface area (Å²) in [6, 6.07) is 8.35. The summed E-state index contributed by atoms with van der Waals surface area (Å²) in [7, 11) is 0. The molecule has 2 aromatic rings. The molecule has 0 aliphatic heterocycles. The molecule has 19 heavy (non-hydrogen) atoms. The van der Waals surface area contributed by atoms with Crippen LogP contribution in [-0.4, -0.2) is 21.3 Å². The number of nitrogens with one attached hydrogen (secondary N) is 1. The van der Waals surface area contributed by atoms with Crippen molar-refractivity contribution in [3.8, 4) is 0 Å². The van der Waals surface area contributed by atoms with Crippen LogP contribution in [-0.2, 0) is 6.54 Å². The molecule has 4 heteroatoms. The van der Waals surface area contributed by atoms with E-state index in [1.165, 1.54) is 5.69 Å². The summed E-state index contributed by atoms with van der Waals surface area (Å²) >= 11 is 0. The number of pyridine rings is 1. The average molecular weight is 258 g/mol. The fourth-order valence-electron chi connectivity index (χ4n) is 2.23. The standard InChI is InChI=1S/C15H22N4/c1-4-10-16-15(13-8-6-7-12(3)18-13)14-9-11-17-19(14)5-2/h6-9,11,15-16H,4-5,10H2,1-3H3. The van der Waals surface area contributed by atoms with Gasteiger partial charge in [-0.1, -0.05) is 13.0 Å². The molecule has 0 bridgehead atoms. The lowest BCUT2D eigenvalue weighted by atomic mass is 10.1. The molecule has 102 valence electrons. The molecule has 0 aromatic carbocycles. The molecule has 2 aromatic heterocycles. The Morgan fingerprint density at radius 1 is 1.26 bits per heavy atom. The van der Waals surface area contributed by atoms with E-state index in [2.05, 4.69) is 47.4 Å². The first-order chi connectivity index (χ1) is 9.26. The maximum atomic E-state index is 4.65. The van der Waals surface area contributed by atoms with Gasteiger partial charge in [0.25, 0.3) is 0 Å². The van der Waals surface area contributed by atoms with E-state index in [4.69, 9.17) is 0 Å². The lowest BCUT2D eigenvalue weighted by Crippen LogP contribution is -2.26. The molecule has 2 heterocycles. The van der Waals surface area contributed by atoms with Crippen LogP contribution in [0.1, 0.15) is 43.4 Å². The summed E-state index contributed by atoms with van der Waals surface area (Å²) in [6.45, 7) is 8.15. The van der Waals surface area contributed by atoms with Gasteiger partial charge in [-0.3, -0.25) is 9.67 Å². The summed E-state index contributed by atoms with van der Waals surface area (Å²) in [6.07, 6.45) is 2.96. The van der Waals surface area contributed by atoms with Gasteiger partial charge >= 0.3 is 0 Å². The van der Waals surface area contributed by atoms with Crippen molar-refractivity contribution < 1.29 is 0 Å². The van der Waals surface area contributed by atoms with Crippen LogP contribution in [0.25, 0.3) is 0 Å². The third-order valence-electron chi connectivity index (χ3n) is 3.15. The molecular formula is C15H22N4. The van der Waals surface area contributed by atoms with Crippen LogP contribution in [0.4, 0.5) is 0 Å². The number of nitrogens with zero attached hydrogens (tertiary/aromatic N) is 3. The Kier molecular flexibility index (Phi) is 4.68. The van der Waals surface area contributed by atoms with Crippen molar-refractivity contribution in [2.24, 2.45) is 0 Å². The van der Waals surface area contributed by atoms with Crippen molar-refractivity contribution in [1.82, 2.24) is 20.1 Å². The van der Waals surface area contributed by atoms with Crippen molar-refractivity contribution >= 4 is 0 Å². The van der Waals surface area contributed by atoms with Crippen molar-refractivity contribution in [2.75, 3.05) is 6.54 Å². The largest absolute Gasteiger partial charge is 0.304 e. The van der Waals surface area contributed by atoms with Gasteiger partial charge in [-0.05, 0) is 45.0 Å². The quantitative estimate of drug-likeness (QED) is 0.866. The zero-order valence-corrected chi connectivity index (χ0v) is 11.9. The van der Waals surface area contributed by atoms with Gasteiger partial charge in [-0.2, -0.15) is 5.10 Å². The lowest BCUT2D eigenvalue weighted by Gasteiger charge is -2.19. The maximum Gasteiger partial charge on any atom is 0.0922 e. The van der Waals surface area contributed by atoms with Crippen LogP contribution in [0, 0.1) is 6.92 Å². The number of hydrogen-bond acceptors (Lipinski definition) is 3. The minimum Gasteiger partial charge on any atom is -0.304 e. The zero-order chi connectivity index (χ0) is 13.7. The number of aryl methyl sites for hydroxylation is 2. The van der Waals surface area contributed by atoms with E-state index in [1.807, 2.05) is 23.9 Å². The predicted molar refractivity (Wildman–Crippen MR) is 77.0 cm³/mol. The first kappa shape index (κ1) is 13.7. The normalized spacial score (nSPS) is 12.6. The van der Waals surface area contributed by atoms with Gasteiger partial charge in [-0.15, -0.1) is 0 Å². The Hall–Kier alpha value is -1.68. The van der Waals surface area contributed by atoms with Crippen molar-refractivity contribution in [2.45, 2.75) is 39.8 Å². The second-order valence-corrected chi connectivity index (χ2v) is 4.66. The molecule has 1 atom stereocenters. The minimum absolute atomic E-state index is 0.113. The monoisotopic (exact) mass is 258 g/mol. The van der Waals surface area contributed by atoms with E-state index >= 15 is 0 Å². The SMILES string of the molecule is CCCNC(c1cccc(C)n1)c1ccnn1CC. The number of rotatable bonds is 6. The molecule has 0 saturated heterocycles. The summed E-state index contributed by atoms with van der Waals surface area (Å²) < 4.78 is 2.03. The second kappa shape index (κ2) is 6.48. The van der Waals surface area contributed by atoms with E-state index in [0.717, 1.165) is 30.9 Å². The molecule has 0 aliphatic carbocycles. The third kappa shape index (κ3) is 3.20. The molecule has 4 nitrogen and oxygen atoms in total. The molecular weight excluding hydrogens is 236 g/mol. The Morgan fingerprint density at radius 3 is 2.79 bits per heavy atom. The van der Waals surface area contributed by atoms with E-state index in [-0.39, 0.29) is 6.04 Å². The minimum atomic E-state index is 0.113. The Bertz CT molecular complexity index is 518. The molecule has 0 amide bonds. The van der Waals surface area contributed by atoms with Crippen LogP contribution in [0.3, 0.4) is 0 Å². The molecule has 0 aliphatic rings. The average Bonchev–Trinajstić information content (AvgIpc) is 2.88. The van der Waals surface area contributed by atoms with Gasteiger partial charge < -0.3 is 5.32 Å². The van der Waals surface area contributed by atoms with Gasteiger partial charge in [0.2, 0.25) is 0 Å². The Morgan fingerprint density at radius 2 is 2.11 bits per heavy atom. The summed E-state index contributed by atoms with van der Waals surface area (Å²) in [5, 5.41) is 7.93. The number of aromatic nitrogens is 3. The highest BCUT2D eigenvalue weighted by Crippen LogP contribution is 2.20. The van der Waals surface area contributed by atoms with E-state index in [0.29, 0.717) is 0 Å². The van der Waals surface area contributed by atoms with Gasteiger partial charge in [-0.25, -0.2) is 0 Å². The molecule has 1 N–H and O–H groups in total. The summed E-state index contributed by atoms with van der Waals surface area (Å²) in [5.41, 5.74) is 3.28. The van der Waals surface area contributed by atoms with Gasteiger partial charge in [0, 0.05) is 18.4 Å². The second-order valence-electron chi connectivity index (χ2n) is 4.66. The highest BCUT2D eigenvalue weighted by atomic mass is 15.3. The highest BCUT2D eigenvalue weighted by Gasteiger charge is 2.18. The van der Waals surface area contributed by atoms with Crippen molar-refractivity contribution in [3.63, 3.8) is 0 Å². The first-order valence-corrected chi connectivity index (χ1v) is 6.95. The fourth-order valence-corrected chi connectivity index (χ4v) is 2.23. The molecule has 0 radical (unpaired) electrons.